The molecule has 2 saturated carbocycles. The molecule has 0 radical (unpaired) electrons. The van der Waals surface area contributed by atoms with Crippen molar-refractivity contribution in [2.24, 2.45) is 11.5 Å². The maximum absolute atomic E-state index is 9.00. The van der Waals surface area contributed by atoms with Gasteiger partial charge in [0.25, 0.3) is 0 Å². The van der Waals surface area contributed by atoms with Gasteiger partial charge in [0.15, 0.2) is 0 Å². The summed E-state index contributed by atoms with van der Waals surface area (Å²) in [6, 6.07) is 0.525. The topological polar surface area (TPSA) is 92.5 Å². The van der Waals surface area contributed by atoms with Crippen molar-refractivity contribution in [1.29, 1.82) is 0 Å². The molecule has 0 bridgehead atoms. The minimum absolute atomic E-state index is 0. The Bertz CT molecular complexity index is 163. The Labute approximate surface area is 122 Å². The van der Waals surface area contributed by atoms with Gasteiger partial charge in [-0.25, -0.2) is 0 Å². The smallest absolute Gasteiger partial charge is 0.0555 e. The molecule has 4 atom stereocenters. The first kappa shape index (κ1) is 20.7. The molecule has 2 rings (SSSR count). The molecule has 2 aliphatic carbocycles. The van der Waals surface area contributed by atoms with Crippen molar-refractivity contribution in [1.82, 2.24) is 0 Å². The van der Waals surface area contributed by atoms with E-state index in [1.54, 1.807) is 0 Å². The van der Waals surface area contributed by atoms with E-state index in [1.165, 1.54) is 0 Å². The van der Waals surface area contributed by atoms with Crippen molar-refractivity contribution >= 4 is 24.8 Å². The molecule has 2 fully saturated rings. The fourth-order valence-electron chi connectivity index (χ4n) is 2.40. The summed E-state index contributed by atoms with van der Waals surface area (Å²) in [5, 5.41) is 18.0. The molecule has 0 saturated heterocycles. The van der Waals surface area contributed by atoms with Crippen molar-refractivity contribution < 1.29 is 10.2 Å². The van der Waals surface area contributed by atoms with E-state index in [1.807, 2.05) is 0 Å². The maximum atomic E-state index is 9.00. The molecule has 0 heterocycles. The van der Waals surface area contributed by atoms with E-state index in [0.717, 1.165) is 51.4 Å². The first-order chi connectivity index (χ1) is 7.58. The van der Waals surface area contributed by atoms with Crippen molar-refractivity contribution in [2.75, 3.05) is 0 Å². The molecule has 0 amide bonds. The molecule has 6 heteroatoms. The predicted molar refractivity (Wildman–Crippen MR) is 79.4 cm³/mol. The number of hydrogen-bond acceptors (Lipinski definition) is 4. The highest BCUT2D eigenvalue weighted by molar-refractivity contribution is 5.85. The third kappa shape index (κ3) is 9.36. The molecule has 4 nitrogen and oxygen atoms in total. The second-order valence-electron chi connectivity index (χ2n) is 5.16. The Hall–Kier alpha value is 0.420. The number of rotatable bonds is 0. The second-order valence-corrected chi connectivity index (χ2v) is 5.16. The highest BCUT2D eigenvalue weighted by Gasteiger charge is 2.16. The fraction of sp³-hybridized carbons (Fsp3) is 1.00. The van der Waals surface area contributed by atoms with Crippen LogP contribution in [0.25, 0.3) is 0 Å². The van der Waals surface area contributed by atoms with Gasteiger partial charge in [-0.3, -0.25) is 0 Å². The fourth-order valence-corrected chi connectivity index (χ4v) is 2.40. The second kappa shape index (κ2) is 11.3. The standard InChI is InChI=1S/2C6H13NO.2ClH/c2*7-5-2-1-3-6(8)4-5;;/h2*5-6,8H,1-4,7H2;2*1H/t2*5-,6+;;/m10../s1. The lowest BCUT2D eigenvalue weighted by Gasteiger charge is -2.21. The minimum atomic E-state index is -0.112. The summed E-state index contributed by atoms with van der Waals surface area (Å²) in [5.74, 6) is 0. The summed E-state index contributed by atoms with van der Waals surface area (Å²) in [4.78, 5) is 0. The van der Waals surface area contributed by atoms with Crippen LogP contribution >= 0.6 is 24.8 Å². The lowest BCUT2D eigenvalue weighted by atomic mass is 9.94. The van der Waals surface area contributed by atoms with Crippen LogP contribution in [0, 0.1) is 0 Å². The van der Waals surface area contributed by atoms with Crippen molar-refractivity contribution in [3.8, 4) is 0 Å². The van der Waals surface area contributed by atoms with Crippen molar-refractivity contribution in [2.45, 2.75) is 75.7 Å². The van der Waals surface area contributed by atoms with Crippen molar-refractivity contribution in [3.05, 3.63) is 0 Å². The number of hydrogen-bond donors (Lipinski definition) is 4. The van der Waals surface area contributed by atoms with Gasteiger partial charge in [-0.1, -0.05) is 0 Å². The van der Waals surface area contributed by atoms with Crippen LogP contribution in [-0.4, -0.2) is 34.5 Å². The van der Waals surface area contributed by atoms with E-state index >= 15 is 0 Å². The molecule has 0 aromatic heterocycles. The third-order valence-electron chi connectivity index (χ3n) is 3.37. The Kier molecular flexibility index (Phi) is 13.0. The Balaban J connectivity index is 0. The van der Waals surface area contributed by atoms with Gasteiger partial charge < -0.3 is 21.7 Å². The van der Waals surface area contributed by atoms with Crippen LogP contribution < -0.4 is 11.5 Å². The number of nitrogens with two attached hydrogens (primary N) is 2. The number of aliphatic hydroxyl groups is 2. The zero-order valence-electron chi connectivity index (χ0n) is 10.8. The lowest BCUT2D eigenvalue weighted by Crippen LogP contribution is -2.30. The molecule has 0 spiro atoms. The molecule has 6 N–H and O–H groups in total. The van der Waals surface area contributed by atoms with Gasteiger partial charge >= 0.3 is 0 Å². The summed E-state index contributed by atoms with van der Waals surface area (Å²) in [6.07, 6.45) is 7.68. The molecule has 0 aliphatic heterocycles. The van der Waals surface area contributed by atoms with Gasteiger partial charge in [0.1, 0.15) is 0 Å². The zero-order chi connectivity index (χ0) is 12.0. The molecule has 2 aliphatic rings. The molecular weight excluding hydrogens is 275 g/mol. The molecule has 18 heavy (non-hydrogen) atoms. The van der Waals surface area contributed by atoms with Crippen LogP contribution in [0.5, 0.6) is 0 Å². The zero-order valence-corrected chi connectivity index (χ0v) is 12.5. The van der Waals surface area contributed by atoms with Crippen LogP contribution in [-0.2, 0) is 0 Å². The first-order valence-corrected chi connectivity index (χ1v) is 6.45. The van der Waals surface area contributed by atoms with Crippen LogP contribution in [0.3, 0.4) is 0 Å². The van der Waals surface area contributed by atoms with Gasteiger partial charge in [-0.15, -0.1) is 24.8 Å². The first-order valence-electron chi connectivity index (χ1n) is 6.45. The maximum Gasteiger partial charge on any atom is 0.0555 e. The highest BCUT2D eigenvalue weighted by Crippen LogP contribution is 2.16. The van der Waals surface area contributed by atoms with Gasteiger partial charge in [-0.05, 0) is 51.4 Å². The summed E-state index contributed by atoms with van der Waals surface area (Å²) in [6.45, 7) is 0. The minimum Gasteiger partial charge on any atom is -0.393 e. The molecular formula is C12H28Cl2N2O2. The van der Waals surface area contributed by atoms with Gasteiger partial charge in [0.05, 0.1) is 12.2 Å². The Morgan fingerprint density at radius 2 is 1.00 bits per heavy atom. The summed E-state index contributed by atoms with van der Waals surface area (Å²) in [5.41, 5.74) is 11.1. The normalized spacial score (nSPS) is 35.3. The SMILES string of the molecule is Cl.Cl.N[C@@H]1CCC[C@H](O)C1.N[C@H]1CCC[C@@H](O)C1. The van der Waals surface area contributed by atoms with Gasteiger partial charge in [0.2, 0.25) is 0 Å². The quantitative estimate of drug-likeness (QED) is 0.543. The van der Waals surface area contributed by atoms with Crippen molar-refractivity contribution in [3.63, 3.8) is 0 Å². The Morgan fingerprint density at radius 1 is 0.667 bits per heavy atom. The molecule has 0 aromatic carbocycles. The summed E-state index contributed by atoms with van der Waals surface area (Å²) in [7, 11) is 0. The molecule has 0 unspecified atom stereocenters. The summed E-state index contributed by atoms with van der Waals surface area (Å²) < 4.78 is 0. The van der Waals surface area contributed by atoms with E-state index in [-0.39, 0.29) is 49.1 Å². The average Bonchev–Trinajstić information content (AvgIpc) is 2.17. The van der Waals surface area contributed by atoms with E-state index in [9.17, 15) is 0 Å². The van der Waals surface area contributed by atoms with Crippen LogP contribution in [0.1, 0.15) is 51.4 Å². The number of halogens is 2. The van der Waals surface area contributed by atoms with E-state index in [2.05, 4.69) is 0 Å². The molecule has 0 aromatic rings. The average molecular weight is 303 g/mol. The third-order valence-corrected chi connectivity index (χ3v) is 3.37. The van der Waals surface area contributed by atoms with E-state index in [4.69, 9.17) is 21.7 Å². The van der Waals surface area contributed by atoms with Gasteiger partial charge in [0, 0.05) is 12.1 Å². The monoisotopic (exact) mass is 302 g/mol. The van der Waals surface area contributed by atoms with Gasteiger partial charge in [-0.2, -0.15) is 0 Å². The predicted octanol–water partition coefficient (Wildman–Crippen LogP) is 1.34. The van der Waals surface area contributed by atoms with Crippen LogP contribution in [0.15, 0.2) is 0 Å². The number of aliphatic hydroxyl groups excluding tert-OH is 2. The molecule has 112 valence electrons. The lowest BCUT2D eigenvalue weighted by molar-refractivity contribution is 0.120. The van der Waals surface area contributed by atoms with Crippen LogP contribution in [0.4, 0.5) is 0 Å². The Morgan fingerprint density at radius 3 is 1.17 bits per heavy atom. The highest BCUT2D eigenvalue weighted by atomic mass is 35.5. The largest absolute Gasteiger partial charge is 0.393 e. The van der Waals surface area contributed by atoms with E-state index < -0.39 is 0 Å². The van der Waals surface area contributed by atoms with Crippen LogP contribution in [0.2, 0.25) is 0 Å². The van der Waals surface area contributed by atoms with E-state index in [0.29, 0.717) is 0 Å². The summed E-state index contributed by atoms with van der Waals surface area (Å²) >= 11 is 0.